The molecule has 1 aliphatic heterocycles. The molecule has 0 aliphatic carbocycles. The fourth-order valence-electron chi connectivity index (χ4n) is 7.39. The zero-order valence-corrected chi connectivity index (χ0v) is 40.5. The predicted octanol–water partition coefficient (Wildman–Crippen LogP) is 4.82. The van der Waals surface area contributed by atoms with Gasteiger partial charge in [-0.15, -0.1) is 0 Å². The first-order valence-electron chi connectivity index (χ1n) is 23.5. The number of amides is 6. The van der Waals surface area contributed by atoms with Crippen LogP contribution in [0.25, 0.3) is 0 Å². The fraction of sp³-hybridized carbons (Fsp3) is 0.451. The summed E-state index contributed by atoms with van der Waals surface area (Å²) in [5, 5.41) is 13.4. The molecule has 0 bridgehead atoms. The van der Waals surface area contributed by atoms with Crippen LogP contribution in [-0.4, -0.2) is 105 Å². The van der Waals surface area contributed by atoms with Crippen molar-refractivity contribution in [3.63, 3.8) is 0 Å². The molecule has 19 nitrogen and oxygen atoms in total. The normalized spacial score (nSPS) is 15.0. The summed E-state index contributed by atoms with van der Waals surface area (Å²) in [5.41, 5.74) is 2.19. The monoisotopic (exact) mass is 966 g/mol. The minimum Gasteiger partial charge on any atom is -0.459 e. The molecule has 0 spiro atoms. The quantitative estimate of drug-likeness (QED) is 0.0361. The number of benzene rings is 3. The zero-order chi connectivity index (χ0) is 50.5. The van der Waals surface area contributed by atoms with Crippen molar-refractivity contribution in [2.75, 3.05) is 13.1 Å². The molecule has 4 aromatic rings. The summed E-state index contributed by atoms with van der Waals surface area (Å²) in [6.45, 7) is 9.13. The lowest BCUT2D eigenvalue weighted by Crippen LogP contribution is -2.58. The lowest BCUT2D eigenvalue weighted by atomic mass is 10.1. The molecular weight excluding hydrogens is 901 g/mol. The molecule has 19 heteroatoms. The highest BCUT2D eigenvalue weighted by atomic mass is 16.6. The van der Waals surface area contributed by atoms with Crippen molar-refractivity contribution in [2.24, 2.45) is 0 Å². The molecule has 1 aromatic heterocycles. The van der Waals surface area contributed by atoms with Gasteiger partial charge in [-0.05, 0) is 83.4 Å². The van der Waals surface area contributed by atoms with Crippen LogP contribution >= 0.6 is 0 Å². The van der Waals surface area contributed by atoms with Crippen LogP contribution in [0.15, 0.2) is 104 Å². The smallest absolute Gasteiger partial charge is 0.408 e. The Labute approximate surface area is 408 Å². The first-order valence-corrected chi connectivity index (χ1v) is 23.5. The van der Waals surface area contributed by atoms with Crippen LogP contribution in [-0.2, 0) is 75.9 Å². The number of carbonyl (C=O) groups excluding carboxylic acids is 7. The first kappa shape index (κ1) is 53.7. The van der Waals surface area contributed by atoms with Crippen molar-refractivity contribution in [3.8, 4) is 0 Å². The minimum atomic E-state index is -1.25. The molecule has 5 rings (SSSR count). The summed E-state index contributed by atoms with van der Waals surface area (Å²) in [7, 11) is 0. The number of esters is 1. The second-order valence-corrected chi connectivity index (χ2v) is 18.0. The fourth-order valence-corrected chi connectivity index (χ4v) is 7.39. The van der Waals surface area contributed by atoms with Crippen molar-refractivity contribution in [3.05, 3.63) is 126 Å². The van der Waals surface area contributed by atoms with Gasteiger partial charge in [-0.25, -0.2) is 19.4 Å². The molecule has 6 amide bonds. The molecule has 3 aromatic carbocycles. The standard InChI is InChI=1S/C51H66N8O11/c1-35(54-46(62)43-25-17-27-59(43)47(63)41(57-50(66)70-51(3,4)5)24-15-16-26-52-49(65)69-32-39-22-13-8-14-23-39)44(60)56-42(45(61)55-36(2)48(64)68-31-38-20-11-7-12-21-38)28-40-29-58(33-53-40)34-67-30-37-18-9-6-10-19-37/h6-14,18-23,29,33,35-36,41-43H,15-17,24-28,30-32,34H2,1-5H3,(H,52,65)(H,54,62)(H,55,61)(H,56,60)(H,57,66)/t35-,36-,41+,42+,43+/m1/s1. The maximum Gasteiger partial charge on any atom is 0.408 e. The van der Waals surface area contributed by atoms with Crippen molar-refractivity contribution >= 4 is 41.8 Å². The molecule has 70 heavy (non-hydrogen) atoms. The van der Waals surface area contributed by atoms with Gasteiger partial charge in [0.25, 0.3) is 0 Å². The molecule has 0 unspecified atom stereocenters. The van der Waals surface area contributed by atoms with Gasteiger partial charge >= 0.3 is 18.2 Å². The number of imidazole rings is 1. The Bertz CT molecular complexity index is 2330. The van der Waals surface area contributed by atoms with Gasteiger partial charge in [0, 0.05) is 25.7 Å². The SMILES string of the molecule is C[C@@H](NC(=O)[C@@H]1CCCN1C(=O)[C@H](CCCCNC(=O)OCc1ccccc1)NC(=O)OC(C)(C)C)C(=O)N[C@@H](Cc1cn(COCc2ccccc2)cn1)C(=O)N[C@H](C)C(=O)OCc1ccccc1. The number of hydrogen-bond acceptors (Lipinski definition) is 12. The van der Waals surface area contributed by atoms with Crippen LogP contribution in [0.3, 0.4) is 0 Å². The number of hydrogen-bond donors (Lipinski definition) is 5. The van der Waals surface area contributed by atoms with E-state index in [1.165, 1.54) is 25.1 Å². The Kier molecular flexibility index (Phi) is 20.7. The summed E-state index contributed by atoms with van der Waals surface area (Å²) in [5.74, 6) is -3.20. The highest BCUT2D eigenvalue weighted by Crippen LogP contribution is 2.21. The van der Waals surface area contributed by atoms with Crippen LogP contribution in [0.4, 0.5) is 9.59 Å². The summed E-state index contributed by atoms with van der Waals surface area (Å²) in [4.78, 5) is 99.6. The lowest BCUT2D eigenvalue weighted by molar-refractivity contribution is -0.148. The van der Waals surface area contributed by atoms with Gasteiger partial charge in [0.1, 0.15) is 55.8 Å². The van der Waals surface area contributed by atoms with Crippen molar-refractivity contribution < 1.29 is 52.5 Å². The molecule has 0 saturated carbocycles. The average Bonchev–Trinajstić information content (AvgIpc) is 4.02. The van der Waals surface area contributed by atoms with Gasteiger partial charge < -0.3 is 55.0 Å². The number of unbranched alkanes of at least 4 members (excludes halogenated alkanes) is 1. The third-order valence-electron chi connectivity index (χ3n) is 11.0. The van der Waals surface area contributed by atoms with Crippen molar-refractivity contribution in [2.45, 2.75) is 136 Å². The van der Waals surface area contributed by atoms with Crippen LogP contribution in [0, 0.1) is 0 Å². The molecular formula is C51H66N8O11. The van der Waals surface area contributed by atoms with E-state index in [1.54, 1.807) is 43.7 Å². The molecule has 5 N–H and O–H groups in total. The van der Waals surface area contributed by atoms with E-state index >= 15 is 0 Å². The number of nitrogens with one attached hydrogen (secondary N) is 5. The van der Waals surface area contributed by atoms with E-state index < -0.39 is 77.6 Å². The number of alkyl carbamates (subject to hydrolysis) is 2. The van der Waals surface area contributed by atoms with Crippen LogP contribution in [0.1, 0.15) is 89.1 Å². The molecule has 1 fully saturated rings. The number of likely N-dealkylation sites (tertiary alicyclic amines) is 1. The maximum absolute atomic E-state index is 14.2. The van der Waals surface area contributed by atoms with Crippen molar-refractivity contribution in [1.82, 2.24) is 41.0 Å². The van der Waals surface area contributed by atoms with Crippen molar-refractivity contribution in [1.29, 1.82) is 0 Å². The maximum atomic E-state index is 14.2. The highest BCUT2D eigenvalue weighted by Gasteiger charge is 2.39. The number of carbonyl (C=O) groups is 7. The van der Waals surface area contributed by atoms with E-state index in [1.807, 2.05) is 78.9 Å². The van der Waals surface area contributed by atoms with E-state index in [4.69, 9.17) is 18.9 Å². The summed E-state index contributed by atoms with van der Waals surface area (Å²) in [6.07, 6.45) is 3.56. The van der Waals surface area contributed by atoms with Gasteiger partial charge in [0.2, 0.25) is 23.6 Å². The van der Waals surface area contributed by atoms with Gasteiger partial charge in [0.05, 0.1) is 18.6 Å². The summed E-state index contributed by atoms with van der Waals surface area (Å²) in [6, 6.07) is 22.4. The Balaban J connectivity index is 1.19. The Morgan fingerprint density at radius 2 is 1.31 bits per heavy atom. The molecule has 2 heterocycles. The Morgan fingerprint density at radius 3 is 1.94 bits per heavy atom. The second-order valence-electron chi connectivity index (χ2n) is 18.0. The number of aromatic nitrogens is 2. The predicted molar refractivity (Wildman–Crippen MR) is 257 cm³/mol. The van der Waals surface area contributed by atoms with E-state index in [-0.39, 0.29) is 45.9 Å². The molecule has 5 atom stereocenters. The molecule has 1 saturated heterocycles. The number of rotatable bonds is 24. The lowest BCUT2D eigenvalue weighted by Gasteiger charge is -2.30. The van der Waals surface area contributed by atoms with E-state index in [9.17, 15) is 33.6 Å². The number of nitrogens with zero attached hydrogens (tertiary/aromatic N) is 3. The summed E-state index contributed by atoms with van der Waals surface area (Å²) < 4.78 is 23.6. The summed E-state index contributed by atoms with van der Waals surface area (Å²) >= 11 is 0. The van der Waals surface area contributed by atoms with Gasteiger partial charge in [0.15, 0.2) is 0 Å². The Hall–Kier alpha value is -7.28. The molecule has 376 valence electrons. The number of ether oxygens (including phenoxy) is 4. The van der Waals surface area contributed by atoms with Crippen LogP contribution in [0.2, 0.25) is 0 Å². The van der Waals surface area contributed by atoms with Gasteiger partial charge in [-0.1, -0.05) is 91.0 Å². The Morgan fingerprint density at radius 1 is 0.700 bits per heavy atom. The topological polar surface area (TPSA) is 238 Å². The van der Waals surface area contributed by atoms with Crippen LogP contribution < -0.4 is 26.6 Å². The van der Waals surface area contributed by atoms with E-state index in [0.29, 0.717) is 38.0 Å². The zero-order valence-electron chi connectivity index (χ0n) is 40.5. The first-order chi connectivity index (χ1) is 33.5. The van der Waals surface area contributed by atoms with E-state index in [0.717, 1.165) is 16.7 Å². The van der Waals surface area contributed by atoms with E-state index in [2.05, 4.69) is 31.6 Å². The average molecular weight is 967 g/mol. The molecule has 1 aliphatic rings. The largest absolute Gasteiger partial charge is 0.459 e. The van der Waals surface area contributed by atoms with Crippen LogP contribution in [0.5, 0.6) is 0 Å². The minimum absolute atomic E-state index is 0.000735. The third-order valence-corrected chi connectivity index (χ3v) is 11.0. The third kappa shape index (κ3) is 18.3. The second kappa shape index (κ2) is 27.0. The van der Waals surface area contributed by atoms with Gasteiger partial charge in [-0.3, -0.25) is 19.2 Å². The highest BCUT2D eigenvalue weighted by molar-refractivity contribution is 5.96. The molecule has 0 radical (unpaired) electrons. The van der Waals surface area contributed by atoms with Gasteiger partial charge in [-0.2, -0.15) is 0 Å².